The number of nitrogens with one attached hydrogen (secondary N) is 1. The Kier molecular flexibility index (Phi) is 6.48. The second-order valence-electron chi connectivity index (χ2n) is 6.97. The summed E-state index contributed by atoms with van der Waals surface area (Å²) in [7, 11) is 0. The molecule has 150 valence electrons. The molecule has 0 saturated carbocycles. The topological polar surface area (TPSA) is 78.4 Å². The molecule has 2 aliphatic rings. The van der Waals surface area contributed by atoms with Gasteiger partial charge < -0.3 is 15.1 Å². The van der Waals surface area contributed by atoms with Crippen LogP contribution in [0.2, 0.25) is 0 Å². The number of thioether (sulfide) groups is 1. The van der Waals surface area contributed by atoms with E-state index in [1.54, 1.807) is 23.1 Å². The molecule has 10 heteroatoms. The van der Waals surface area contributed by atoms with Crippen molar-refractivity contribution in [1.29, 1.82) is 0 Å². The summed E-state index contributed by atoms with van der Waals surface area (Å²) in [6.07, 6.45) is 3.59. The number of hydrogen-bond donors (Lipinski definition) is 1. The average Bonchev–Trinajstić information content (AvgIpc) is 3.48. The van der Waals surface area contributed by atoms with E-state index in [9.17, 15) is 9.59 Å². The van der Waals surface area contributed by atoms with Crippen LogP contribution in [0, 0.1) is 5.92 Å². The van der Waals surface area contributed by atoms with Gasteiger partial charge in [-0.3, -0.25) is 4.79 Å². The van der Waals surface area contributed by atoms with Gasteiger partial charge in [-0.25, -0.2) is 4.79 Å². The number of rotatable bonds is 5. The minimum Gasteiger partial charge on any atom is -0.325 e. The third kappa shape index (κ3) is 4.84. The first-order chi connectivity index (χ1) is 13.7. The third-order valence-corrected chi connectivity index (χ3v) is 8.15. The van der Waals surface area contributed by atoms with Crippen molar-refractivity contribution >= 4 is 51.5 Å². The fraction of sp³-hybridized carbons (Fsp3) is 0.556. The molecule has 0 radical (unpaired) electrons. The summed E-state index contributed by atoms with van der Waals surface area (Å²) >= 11 is 4.77. The van der Waals surface area contributed by atoms with Crippen molar-refractivity contribution in [3.63, 3.8) is 0 Å². The zero-order chi connectivity index (χ0) is 19.3. The second kappa shape index (κ2) is 9.23. The van der Waals surface area contributed by atoms with E-state index < -0.39 is 0 Å². The second-order valence-corrected chi connectivity index (χ2v) is 10.2. The first kappa shape index (κ1) is 19.7. The molecule has 7 nitrogen and oxygen atoms in total. The van der Waals surface area contributed by atoms with Crippen molar-refractivity contribution < 1.29 is 9.59 Å². The van der Waals surface area contributed by atoms with Gasteiger partial charge >= 0.3 is 6.03 Å². The molecule has 2 fully saturated rings. The first-order valence-corrected chi connectivity index (χ1v) is 12.2. The quantitative estimate of drug-likeness (QED) is 0.569. The zero-order valence-electron chi connectivity index (χ0n) is 15.5. The maximum atomic E-state index is 12.6. The molecule has 0 bridgehead atoms. The molecule has 0 unspecified atom stereocenters. The maximum absolute atomic E-state index is 12.6. The molecule has 2 saturated heterocycles. The first-order valence-electron chi connectivity index (χ1n) is 9.52. The lowest BCUT2D eigenvalue weighted by Crippen LogP contribution is -2.47. The molecular formula is C18H23N5O2S3. The van der Waals surface area contributed by atoms with Crippen molar-refractivity contribution in [3.8, 4) is 0 Å². The van der Waals surface area contributed by atoms with Crippen LogP contribution in [0.4, 0.5) is 9.93 Å². The number of thiophene rings is 1. The van der Waals surface area contributed by atoms with Crippen LogP contribution in [-0.2, 0) is 10.5 Å². The highest BCUT2D eigenvalue weighted by atomic mass is 32.2. The highest BCUT2D eigenvalue weighted by Gasteiger charge is 2.30. The molecule has 3 amide bonds. The number of amides is 3. The summed E-state index contributed by atoms with van der Waals surface area (Å²) in [5.74, 6) is 0.775. The SMILES string of the molecule is O=C(Nc1nnc(SCc2cccs2)s1)C1CCN(C(=O)N2CCCC2)CC1. The van der Waals surface area contributed by atoms with Crippen LogP contribution in [0.15, 0.2) is 21.9 Å². The summed E-state index contributed by atoms with van der Waals surface area (Å²) in [5.41, 5.74) is 0. The van der Waals surface area contributed by atoms with Gasteiger partial charge in [0.15, 0.2) is 4.34 Å². The van der Waals surface area contributed by atoms with Gasteiger partial charge in [-0.15, -0.1) is 21.5 Å². The fourth-order valence-corrected chi connectivity index (χ4v) is 6.02. The number of piperidine rings is 1. The van der Waals surface area contributed by atoms with Gasteiger partial charge in [-0.1, -0.05) is 29.2 Å². The Morgan fingerprint density at radius 2 is 1.89 bits per heavy atom. The highest BCUT2D eigenvalue weighted by Crippen LogP contribution is 2.30. The molecule has 0 aliphatic carbocycles. The van der Waals surface area contributed by atoms with Crippen LogP contribution in [0.3, 0.4) is 0 Å². The monoisotopic (exact) mass is 437 g/mol. The summed E-state index contributed by atoms with van der Waals surface area (Å²) in [5, 5.41) is 13.8. The molecule has 4 rings (SSSR count). The largest absolute Gasteiger partial charge is 0.325 e. The van der Waals surface area contributed by atoms with Crippen molar-refractivity contribution in [2.75, 3.05) is 31.5 Å². The Labute approximate surface area is 176 Å². The third-order valence-electron chi connectivity index (χ3n) is 5.07. The predicted molar refractivity (Wildman–Crippen MR) is 113 cm³/mol. The molecule has 0 spiro atoms. The van der Waals surface area contributed by atoms with Crippen LogP contribution < -0.4 is 5.32 Å². The zero-order valence-corrected chi connectivity index (χ0v) is 18.0. The Balaban J connectivity index is 1.23. The van der Waals surface area contributed by atoms with Gasteiger partial charge in [0.1, 0.15) is 0 Å². The minimum atomic E-state index is -0.0752. The molecule has 0 aromatic carbocycles. The number of nitrogens with zero attached hydrogens (tertiary/aromatic N) is 4. The number of carbonyl (C=O) groups is 2. The summed E-state index contributed by atoms with van der Waals surface area (Å²) in [6.45, 7) is 3.02. The molecule has 0 atom stereocenters. The highest BCUT2D eigenvalue weighted by molar-refractivity contribution is 8.00. The lowest BCUT2D eigenvalue weighted by molar-refractivity contribution is -0.121. The maximum Gasteiger partial charge on any atom is 0.319 e. The van der Waals surface area contributed by atoms with E-state index >= 15 is 0 Å². The number of anilines is 1. The van der Waals surface area contributed by atoms with Gasteiger partial charge in [0.05, 0.1) is 0 Å². The summed E-state index contributed by atoms with van der Waals surface area (Å²) < 4.78 is 0.856. The number of carbonyl (C=O) groups excluding carboxylic acids is 2. The number of urea groups is 1. The average molecular weight is 438 g/mol. The lowest BCUT2D eigenvalue weighted by Gasteiger charge is -2.33. The Bertz CT molecular complexity index is 796. The van der Waals surface area contributed by atoms with E-state index in [-0.39, 0.29) is 17.9 Å². The van der Waals surface area contributed by atoms with Gasteiger partial charge in [0, 0.05) is 42.7 Å². The summed E-state index contributed by atoms with van der Waals surface area (Å²) in [4.78, 5) is 30.1. The summed E-state index contributed by atoms with van der Waals surface area (Å²) in [6, 6.07) is 4.27. The van der Waals surface area contributed by atoms with Crippen molar-refractivity contribution in [1.82, 2.24) is 20.0 Å². The standard InChI is InChI=1S/C18H23N5O2S3/c24-15(13-5-9-23(10-6-13)18(25)22-7-1-2-8-22)19-16-20-21-17(28-16)27-12-14-4-3-11-26-14/h3-4,11,13H,1-2,5-10,12H2,(H,19,20,24). The molecule has 4 heterocycles. The number of aromatic nitrogens is 2. The van der Waals surface area contributed by atoms with Crippen LogP contribution in [0.5, 0.6) is 0 Å². The van der Waals surface area contributed by atoms with Crippen molar-refractivity contribution in [2.24, 2.45) is 5.92 Å². The number of likely N-dealkylation sites (tertiary alicyclic amines) is 2. The minimum absolute atomic E-state index is 0.0146. The molecular weight excluding hydrogens is 414 g/mol. The molecule has 2 aliphatic heterocycles. The van der Waals surface area contributed by atoms with Crippen LogP contribution in [0.25, 0.3) is 0 Å². The van der Waals surface area contributed by atoms with E-state index in [0.29, 0.717) is 31.1 Å². The lowest BCUT2D eigenvalue weighted by atomic mass is 9.96. The predicted octanol–water partition coefficient (Wildman–Crippen LogP) is 3.76. The van der Waals surface area contributed by atoms with Crippen LogP contribution in [0.1, 0.15) is 30.6 Å². The van der Waals surface area contributed by atoms with Gasteiger partial charge in [-0.05, 0) is 37.1 Å². The van der Waals surface area contributed by atoms with Crippen LogP contribution >= 0.6 is 34.4 Å². The van der Waals surface area contributed by atoms with E-state index in [1.807, 2.05) is 15.9 Å². The Hall–Kier alpha value is -1.65. The van der Waals surface area contributed by atoms with Crippen LogP contribution in [-0.4, -0.2) is 58.1 Å². The van der Waals surface area contributed by atoms with E-state index in [2.05, 4.69) is 27.0 Å². The Morgan fingerprint density at radius 3 is 2.61 bits per heavy atom. The normalized spacial score (nSPS) is 17.9. The molecule has 2 aromatic heterocycles. The molecule has 1 N–H and O–H groups in total. The number of hydrogen-bond acceptors (Lipinski definition) is 7. The van der Waals surface area contributed by atoms with Gasteiger partial charge in [-0.2, -0.15) is 0 Å². The van der Waals surface area contributed by atoms with Gasteiger partial charge in [0.2, 0.25) is 11.0 Å². The van der Waals surface area contributed by atoms with Crippen molar-refractivity contribution in [2.45, 2.75) is 35.8 Å². The van der Waals surface area contributed by atoms with E-state index in [4.69, 9.17) is 0 Å². The Morgan fingerprint density at radius 1 is 1.14 bits per heavy atom. The van der Waals surface area contributed by atoms with Gasteiger partial charge in [0.25, 0.3) is 0 Å². The fourth-order valence-electron chi connectivity index (χ4n) is 3.50. The van der Waals surface area contributed by atoms with Crippen molar-refractivity contribution in [3.05, 3.63) is 22.4 Å². The molecule has 28 heavy (non-hydrogen) atoms. The van der Waals surface area contributed by atoms with E-state index in [1.165, 1.54) is 16.2 Å². The smallest absolute Gasteiger partial charge is 0.319 e. The van der Waals surface area contributed by atoms with E-state index in [0.717, 1.165) is 36.0 Å². The molecule has 2 aromatic rings.